The van der Waals surface area contributed by atoms with Crippen LogP contribution in [-0.2, 0) is 6.54 Å². The van der Waals surface area contributed by atoms with Gasteiger partial charge in [0.05, 0.1) is 11.9 Å². The molecule has 0 saturated carbocycles. The van der Waals surface area contributed by atoms with E-state index < -0.39 is 0 Å². The van der Waals surface area contributed by atoms with Crippen molar-refractivity contribution in [3.05, 3.63) is 17.7 Å². The monoisotopic (exact) mass is 124 g/mol. The number of nitrogens with two attached hydrogens (primary N) is 1. The molecule has 0 saturated heterocycles. The van der Waals surface area contributed by atoms with E-state index in [1.807, 2.05) is 0 Å². The fourth-order valence-electron chi connectivity index (χ4n) is 0.450. The maximum Gasteiger partial charge on any atom is 0.147 e. The third kappa shape index (κ3) is 1.43. The van der Waals surface area contributed by atoms with E-state index in [0.29, 0.717) is 12.4 Å². The van der Waals surface area contributed by atoms with Crippen LogP contribution in [0.25, 0.3) is 0 Å². The van der Waals surface area contributed by atoms with Crippen molar-refractivity contribution in [1.29, 1.82) is 0 Å². The molecule has 0 amide bonds. The van der Waals surface area contributed by atoms with E-state index in [1.54, 1.807) is 13.1 Å². The van der Waals surface area contributed by atoms with E-state index in [0.717, 1.165) is 5.69 Å². The van der Waals surface area contributed by atoms with Crippen molar-refractivity contribution in [3.63, 3.8) is 0 Å². The van der Waals surface area contributed by atoms with Crippen molar-refractivity contribution in [2.45, 2.75) is 13.5 Å². The zero-order chi connectivity index (χ0) is 6.69. The summed E-state index contributed by atoms with van der Waals surface area (Å²) in [7, 11) is 0. The molecule has 4 nitrogen and oxygen atoms in total. The second-order valence-electron chi connectivity index (χ2n) is 1.70. The third-order valence-electron chi connectivity index (χ3n) is 0.933. The lowest BCUT2D eigenvalue weighted by Gasteiger charge is -1.91. The molecule has 0 unspecified atom stereocenters. The molecule has 0 aromatic carbocycles. The van der Waals surface area contributed by atoms with Gasteiger partial charge in [-0.2, -0.15) is 5.10 Å². The van der Waals surface area contributed by atoms with Crippen molar-refractivity contribution in [1.82, 2.24) is 15.2 Å². The molecular formula is C5H8N4. The Morgan fingerprint density at radius 1 is 1.56 bits per heavy atom. The fourth-order valence-corrected chi connectivity index (χ4v) is 0.450. The number of rotatable bonds is 1. The Bertz CT molecular complexity index is 181. The van der Waals surface area contributed by atoms with E-state index in [-0.39, 0.29) is 0 Å². The molecule has 0 aliphatic carbocycles. The SMILES string of the molecule is Cc1ncc(CN)nn1. The largest absolute Gasteiger partial charge is 0.325 e. The first kappa shape index (κ1) is 6.10. The van der Waals surface area contributed by atoms with Crippen molar-refractivity contribution in [2.24, 2.45) is 5.73 Å². The number of hydrogen-bond acceptors (Lipinski definition) is 4. The van der Waals surface area contributed by atoms with Crippen LogP contribution < -0.4 is 5.73 Å². The van der Waals surface area contributed by atoms with Gasteiger partial charge in [-0.1, -0.05) is 0 Å². The molecule has 1 aromatic rings. The molecule has 0 radical (unpaired) electrons. The summed E-state index contributed by atoms with van der Waals surface area (Å²) in [6.07, 6.45) is 1.63. The van der Waals surface area contributed by atoms with E-state index >= 15 is 0 Å². The van der Waals surface area contributed by atoms with Crippen molar-refractivity contribution in [2.75, 3.05) is 0 Å². The summed E-state index contributed by atoms with van der Waals surface area (Å²) in [4.78, 5) is 3.90. The maximum atomic E-state index is 5.26. The molecule has 1 heterocycles. The Kier molecular flexibility index (Phi) is 1.69. The average Bonchev–Trinajstić information content (AvgIpc) is 1.90. The van der Waals surface area contributed by atoms with Gasteiger partial charge in [-0.15, -0.1) is 5.10 Å². The van der Waals surface area contributed by atoms with Gasteiger partial charge in [0, 0.05) is 6.54 Å². The highest BCUT2D eigenvalue weighted by Gasteiger charge is 1.89. The predicted molar refractivity (Wildman–Crippen MR) is 32.5 cm³/mol. The lowest BCUT2D eigenvalue weighted by molar-refractivity contribution is 0.828. The molecular weight excluding hydrogens is 116 g/mol. The Balaban J connectivity index is 2.88. The summed E-state index contributed by atoms with van der Waals surface area (Å²) in [6, 6.07) is 0. The maximum absolute atomic E-state index is 5.26. The van der Waals surface area contributed by atoms with Crippen molar-refractivity contribution in [3.8, 4) is 0 Å². The number of hydrogen-bond donors (Lipinski definition) is 1. The molecule has 1 rings (SSSR count). The van der Waals surface area contributed by atoms with Crippen LogP contribution in [0.2, 0.25) is 0 Å². The summed E-state index contributed by atoms with van der Waals surface area (Å²) < 4.78 is 0. The Hall–Kier alpha value is -1.03. The minimum absolute atomic E-state index is 0.403. The summed E-state index contributed by atoms with van der Waals surface area (Å²) in [5, 5.41) is 7.47. The van der Waals surface area contributed by atoms with Crippen LogP contribution in [0.5, 0.6) is 0 Å². The van der Waals surface area contributed by atoms with Crippen LogP contribution in [0.1, 0.15) is 11.5 Å². The highest BCUT2D eigenvalue weighted by atomic mass is 15.1. The minimum atomic E-state index is 0.403. The van der Waals surface area contributed by atoms with E-state index in [1.165, 1.54) is 0 Å². The molecule has 4 heteroatoms. The minimum Gasteiger partial charge on any atom is -0.325 e. The summed E-state index contributed by atoms with van der Waals surface area (Å²) in [5.74, 6) is 0.673. The molecule has 0 atom stereocenters. The van der Waals surface area contributed by atoms with Gasteiger partial charge in [0.25, 0.3) is 0 Å². The smallest absolute Gasteiger partial charge is 0.147 e. The van der Waals surface area contributed by atoms with Crippen LogP contribution in [0.4, 0.5) is 0 Å². The van der Waals surface area contributed by atoms with E-state index in [4.69, 9.17) is 5.73 Å². The summed E-state index contributed by atoms with van der Waals surface area (Å²) in [5.41, 5.74) is 5.98. The molecule has 48 valence electrons. The van der Waals surface area contributed by atoms with E-state index in [2.05, 4.69) is 15.2 Å². The molecule has 2 N–H and O–H groups in total. The zero-order valence-electron chi connectivity index (χ0n) is 5.20. The normalized spacial score (nSPS) is 9.56. The summed E-state index contributed by atoms with van der Waals surface area (Å²) in [6.45, 7) is 2.19. The van der Waals surface area contributed by atoms with Crippen LogP contribution in [0.15, 0.2) is 6.20 Å². The lowest BCUT2D eigenvalue weighted by atomic mass is 10.5. The van der Waals surface area contributed by atoms with Gasteiger partial charge >= 0.3 is 0 Å². The molecule has 0 fully saturated rings. The highest BCUT2D eigenvalue weighted by molar-refractivity contribution is 4.91. The Morgan fingerprint density at radius 2 is 2.33 bits per heavy atom. The highest BCUT2D eigenvalue weighted by Crippen LogP contribution is 1.86. The topological polar surface area (TPSA) is 64.7 Å². The van der Waals surface area contributed by atoms with Crippen LogP contribution in [-0.4, -0.2) is 15.2 Å². The van der Waals surface area contributed by atoms with Crippen LogP contribution >= 0.6 is 0 Å². The first-order valence-corrected chi connectivity index (χ1v) is 2.68. The van der Waals surface area contributed by atoms with Crippen molar-refractivity contribution >= 4 is 0 Å². The first-order valence-electron chi connectivity index (χ1n) is 2.68. The van der Waals surface area contributed by atoms with Gasteiger partial charge in [-0.25, -0.2) is 4.98 Å². The predicted octanol–water partition coefficient (Wildman–Crippen LogP) is -0.361. The first-order chi connectivity index (χ1) is 4.33. The van der Waals surface area contributed by atoms with Gasteiger partial charge in [0.1, 0.15) is 5.82 Å². The zero-order valence-corrected chi connectivity index (χ0v) is 5.20. The third-order valence-corrected chi connectivity index (χ3v) is 0.933. The standard InChI is InChI=1S/C5H8N4/c1-4-7-3-5(2-6)9-8-4/h3H,2,6H2,1H3. The molecule has 9 heavy (non-hydrogen) atoms. The number of aryl methyl sites for hydroxylation is 1. The Labute approximate surface area is 53.1 Å². The Morgan fingerprint density at radius 3 is 2.78 bits per heavy atom. The lowest BCUT2D eigenvalue weighted by Crippen LogP contribution is -2.02. The molecule has 0 bridgehead atoms. The van der Waals surface area contributed by atoms with Gasteiger partial charge in [-0.3, -0.25) is 0 Å². The molecule has 1 aromatic heterocycles. The van der Waals surface area contributed by atoms with Gasteiger partial charge in [0.15, 0.2) is 0 Å². The average molecular weight is 124 g/mol. The quantitative estimate of drug-likeness (QED) is 0.555. The number of aromatic nitrogens is 3. The molecule has 0 spiro atoms. The second kappa shape index (κ2) is 2.50. The second-order valence-corrected chi connectivity index (χ2v) is 1.70. The molecule has 0 aliphatic rings. The van der Waals surface area contributed by atoms with Crippen molar-refractivity contribution < 1.29 is 0 Å². The van der Waals surface area contributed by atoms with Gasteiger partial charge in [0.2, 0.25) is 0 Å². The number of nitrogens with zero attached hydrogens (tertiary/aromatic N) is 3. The van der Waals surface area contributed by atoms with Gasteiger partial charge < -0.3 is 5.73 Å². The van der Waals surface area contributed by atoms with Crippen LogP contribution in [0.3, 0.4) is 0 Å². The van der Waals surface area contributed by atoms with Gasteiger partial charge in [-0.05, 0) is 6.92 Å². The van der Waals surface area contributed by atoms with E-state index in [9.17, 15) is 0 Å². The van der Waals surface area contributed by atoms with Crippen LogP contribution in [0, 0.1) is 6.92 Å². The summed E-state index contributed by atoms with van der Waals surface area (Å²) >= 11 is 0. The fraction of sp³-hybridized carbons (Fsp3) is 0.400. The molecule has 0 aliphatic heterocycles.